The summed E-state index contributed by atoms with van der Waals surface area (Å²) < 4.78 is 0. The second kappa shape index (κ2) is 10.3. The van der Waals surface area contributed by atoms with Crippen molar-refractivity contribution in [1.82, 2.24) is 15.5 Å². The van der Waals surface area contributed by atoms with Crippen molar-refractivity contribution in [2.75, 3.05) is 25.0 Å². The van der Waals surface area contributed by atoms with Crippen molar-refractivity contribution in [2.24, 2.45) is 0 Å². The van der Waals surface area contributed by atoms with Gasteiger partial charge in [-0.15, -0.1) is 12.4 Å². The first-order valence-electron chi connectivity index (χ1n) is 8.70. The van der Waals surface area contributed by atoms with Crippen molar-refractivity contribution in [3.63, 3.8) is 0 Å². The average Bonchev–Trinajstić information content (AvgIpc) is 3.06. The first-order valence-corrected chi connectivity index (χ1v) is 8.70. The number of nitrogens with zero attached hydrogens (tertiary/aromatic N) is 1. The number of carbonyl (C=O) groups excluding carboxylic acids is 2. The van der Waals surface area contributed by atoms with E-state index in [0.717, 1.165) is 32.5 Å². The van der Waals surface area contributed by atoms with E-state index in [-0.39, 0.29) is 36.4 Å². The van der Waals surface area contributed by atoms with Gasteiger partial charge >= 0.3 is 6.03 Å². The predicted molar refractivity (Wildman–Crippen MR) is 104 cm³/mol. The van der Waals surface area contributed by atoms with Crippen LogP contribution in [0.5, 0.6) is 0 Å². The number of amides is 3. The standard InChI is InChI=1S/C18H28N4O2.ClH/c1-4-11-22(16-9-10-19-12-16)17(23)14-5-7-15(8-6-14)21-18(24)20-13(2)3;/h5-8,13,16,19H,4,9-12H2,1-3H3,(H2,20,21,24);1H. The molecule has 0 spiro atoms. The number of nitrogens with one attached hydrogen (secondary N) is 3. The third-order valence-corrected chi connectivity index (χ3v) is 4.01. The van der Waals surface area contributed by atoms with Crippen molar-refractivity contribution in [1.29, 1.82) is 0 Å². The van der Waals surface area contributed by atoms with Gasteiger partial charge in [0.2, 0.25) is 0 Å². The van der Waals surface area contributed by atoms with Crippen LogP contribution in [0.25, 0.3) is 0 Å². The van der Waals surface area contributed by atoms with Crippen LogP contribution < -0.4 is 16.0 Å². The molecule has 2 rings (SSSR count). The molecule has 1 heterocycles. The number of rotatable bonds is 6. The Morgan fingerprint density at radius 1 is 1.28 bits per heavy atom. The Morgan fingerprint density at radius 3 is 2.48 bits per heavy atom. The number of hydrogen-bond donors (Lipinski definition) is 3. The second-order valence-corrected chi connectivity index (χ2v) is 6.48. The monoisotopic (exact) mass is 368 g/mol. The molecule has 1 atom stereocenters. The highest BCUT2D eigenvalue weighted by atomic mass is 35.5. The smallest absolute Gasteiger partial charge is 0.319 e. The van der Waals surface area contributed by atoms with Crippen molar-refractivity contribution in [2.45, 2.75) is 45.7 Å². The third-order valence-electron chi connectivity index (χ3n) is 4.01. The quantitative estimate of drug-likeness (QED) is 0.722. The van der Waals surface area contributed by atoms with E-state index in [1.165, 1.54) is 0 Å². The lowest BCUT2D eigenvalue weighted by molar-refractivity contribution is 0.0692. The molecule has 1 aliphatic rings. The fourth-order valence-electron chi connectivity index (χ4n) is 2.89. The summed E-state index contributed by atoms with van der Waals surface area (Å²) in [4.78, 5) is 26.5. The van der Waals surface area contributed by atoms with Crippen LogP contribution in [0.2, 0.25) is 0 Å². The Balaban J connectivity index is 0.00000312. The van der Waals surface area contributed by atoms with Gasteiger partial charge in [0.05, 0.1) is 0 Å². The molecule has 1 unspecified atom stereocenters. The van der Waals surface area contributed by atoms with E-state index in [0.29, 0.717) is 11.3 Å². The topological polar surface area (TPSA) is 73.5 Å². The average molecular weight is 369 g/mol. The summed E-state index contributed by atoms with van der Waals surface area (Å²) >= 11 is 0. The number of urea groups is 1. The fraction of sp³-hybridized carbons (Fsp3) is 0.556. The molecule has 1 fully saturated rings. The van der Waals surface area contributed by atoms with Gasteiger partial charge in [-0.1, -0.05) is 6.92 Å². The molecule has 140 valence electrons. The Labute approximate surface area is 156 Å². The Morgan fingerprint density at radius 2 is 1.96 bits per heavy atom. The van der Waals surface area contributed by atoms with E-state index in [1.54, 1.807) is 24.3 Å². The zero-order chi connectivity index (χ0) is 17.5. The van der Waals surface area contributed by atoms with Gasteiger partial charge in [0.25, 0.3) is 5.91 Å². The number of halogens is 1. The maximum absolute atomic E-state index is 12.8. The minimum Gasteiger partial charge on any atom is -0.336 e. The molecule has 0 saturated carbocycles. The lowest BCUT2D eigenvalue weighted by Crippen LogP contribution is -2.42. The van der Waals surface area contributed by atoms with Crippen molar-refractivity contribution < 1.29 is 9.59 Å². The lowest BCUT2D eigenvalue weighted by atomic mass is 10.1. The van der Waals surface area contributed by atoms with E-state index < -0.39 is 0 Å². The van der Waals surface area contributed by atoms with Crippen molar-refractivity contribution in [3.05, 3.63) is 29.8 Å². The van der Waals surface area contributed by atoms with E-state index in [1.807, 2.05) is 18.7 Å². The second-order valence-electron chi connectivity index (χ2n) is 6.48. The van der Waals surface area contributed by atoms with Gasteiger partial charge in [0.1, 0.15) is 0 Å². The van der Waals surface area contributed by atoms with E-state index in [4.69, 9.17) is 0 Å². The molecule has 3 N–H and O–H groups in total. The SMILES string of the molecule is CCCN(C(=O)c1ccc(NC(=O)NC(C)C)cc1)C1CCNC1.Cl. The van der Waals surface area contributed by atoms with Gasteiger partial charge < -0.3 is 20.9 Å². The van der Waals surface area contributed by atoms with Gasteiger partial charge in [0, 0.05) is 36.4 Å². The number of benzene rings is 1. The highest BCUT2D eigenvalue weighted by molar-refractivity contribution is 5.95. The molecule has 0 radical (unpaired) electrons. The molecular formula is C18H29ClN4O2. The highest BCUT2D eigenvalue weighted by Crippen LogP contribution is 2.16. The summed E-state index contributed by atoms with van der Waals surface area (Å²) in [6.07, 6.45) is 1.94. The molecule has 3 amide bonds. The van der Waals surface area contributed by atoms with E-state index in [9.17, 15) is 9.59 Å². The highest BCUT2D eigenvalue weighted by Gasteiger charge is 2.26. The lowest BCUT2D eigenvalue weighted by Gasteiger charge is -2.28. The summed E-state index contributed by atoms with van der Waals surface area (Å²) in [5.41, 5.74) is 1.33. The van der Waals surface area contributed by atoms with Crippen LogP contribution >= 0.6 is 12.4 Å². The van der Waals surface area contributed by atoms with Crippen LogP contribution in [0.3, 0.4) is 0 Å². The Hall–Kier alpha value is -1.79. The number of hydrogen-bond acceptors (Lipinski definition) is 3. The van der Waals surface area contributed by atoms with E-state index >= 15 is 0 Å². The van der Waals surface area contributed by atoms with Crippen LogP contribution in [0.1, 0.15) is 44.0 Å². The predicted octanol–water partition coefficient (Wildman–Crippen LogP) is 2.85. The van der Waals surface area contributed by atoms with Crippen LogP contribution in [-0.4, -0.2) is 48.6 Å². The van der Waals surface area contributed by atoms with Gasteiger partial charge in [-0.25, -0.2) is 4.79 Å². The number of carbonyl (C=O) groups is 2. The molecule has 0 aliphatic carbocycles. The van der Waals surface area contributed by atoms with Crippen LogP contribution in [0.15, 0.2) is 24.3 Å². The van der Waals surface area contributed by atoms with Gasteiger partial charge in [-0.2, -0.15) is 0 Å². The molecule has 6 nitrogen and oxygen atoms in total. The molecule has 1 aliphatic heterocycles. The van der Waals surface area contributed by atoms with Gasteiger partial charge in [-0.05, 0) is 57.5 Å². The molecular weight excluding hydrogens is 340 g/mol. The summed E-state index contributed by atoms with van der Waals surface area (Å²) in [6.45, 7) is 8.49. The summed E-state index contributed by atoms with van der Waals surface area (Å²) in [5.74, 6) is 0.0590. The minimum atomic E-state index is -0.242. The first kappa shape index (κ1) is 21.3. The van der Waals surface area contributed by atoms with Gasteiger partial charge in [-0.3, -0.25) is 4.79 Å². The third kappa shape index (κ3) is 6.21. The van der Waals surface area contributed by atoms with Crippen LogP contribution in [0.4, 0.5) is 10.5 Å². The summed E-state index contributed by atoms with van der Waals surface area (Å²) in [5, 5.41) is 8.85. The molecule has 0 aromatic heterocycles. The maximum Gasteiger partial charge on any atom is 0.319 e. The summed E-state index contributed by atoms with van der Waals surface area (Å²) in [6, 6.07) is 7.19. The maximum atomic E-state index is 12.8. The summed E-state index contributed by atoms with van der Waals surface area (Å²) in [7, 11) is 0. The largest absolute Gasteiger partial charge is 0.336 e. The Kier molecular flexibility index (Phi) is 8.72. The van der Waals surface area contributed by atoms with E-state index in [2.05, 4.69) is 22.9 Å². The van der Waals surface area contributed by atoms with Crippen molar-refractivity contribution >= 4 is 30.0 Å². The first-order chi connectivity index (χ1) is 11.5. The minimum absolute atomic E-state index is 0. The van der Waals surface area contributed by atoms with Crippen molar-refractivity contribution in [3.8, 4) is 0 Å². The molecule has 0 bridgehead atoms. The van der Waals surface area contributed by atoms with Crippen LogP contribution in [-0.2, 0) is 0 Å². The zero-order valence-corrected chi connectivity index (χ0v) is 16.0. The molecule has 7 heteroatoms. The molecule has 1 saturated heterocycles. The molecule has 1 aromatic rings. The van der Waals surface area contributed by atoms with Gasteiger partial charge in [0.15, 0.2) is 0 Å². The normalized spacial score (nSPS) is 16.2. The molecule has 1 aromatic carbocycles. The zero-order valence-electron chi connectivity index (χ0n) is 15.2. The molecule has 25 heavy (non-hydrogen) atoms. The van der Waals surface area contributed by atoms with Crippen LogP contribution in [0, 0.1) is 0 Å². The Bertz CT molecular complexity index is 557. The fourth-order valence-corrected chi connectivity index (χ4v) is 2.89. The number of anilines is 1.